The smallest absolute Gasteiger partial charge is 0.410 e. The van der Waals surface area contributed by atoms with Gasteiger partial charge in [0.1, 0.15) is 12.2 Å². The van der Waals surface area contributed by atoms with Gasteiger partial charge in [0.25, 0.3) is 0 Å². The summed E-state index contributed by atoms with van der Waals surface area (Å²) < 4.78 is 16.6. The first-order valence-corrected chi connectivity index (χ1v) is 13.4. The number of aliphatic carboxylic acids is 1. The second-order valence-corrected chi connectivity index (χ2v) is 11.1. The Balaban J connectivity index is 1.58. The van der Waals surface area contributed by atoms with Gasteiger partial charge in [0.05, 0.1) is 6.54 Å². The van der Waals surface area contributed by atoms with Gasteiger partial charge in [-0.15, -0.1) is 0 Å². The summed E-state index contributed by atoms with van der Waals surface area (Å²) in [6.45, 7) is 5.96. The fraction of sp³-hybridized carbons (Fsp3) is 0.500. The zero-order chi connectivity index (χ0) is 28.2. The van der Waals surface area contributed by atoms with Gasteiger partial charge in [-0.05, 0) is 62.3 Å². The maximum atomic E-state index is 13.7. The molecule has 1 saturated heterocycles. The molecular weight excluding hydrogens is 500 g/mol. The molecule has 0 aromatic heterocycles. The summed E-state index contributed by atoms with van der Waals surface area (Å²) in [6, 6.07) is 16.1. The number of carboxylic acids is 1. The molecule has 1 unspecified atom stereocenters. The van der Waals surface area contributed by atoms with Crippen molar-refractivity contribution in [3.8, 4) is 11.1 Å². The van der Waals surface area contributed by atoms with E-state index < -0.39 is 29.3 Å². The molecule has 210 valence electrons. The van der Waals surface area contributed by atoms with Crippen molar-refractivity contribution in [1.82, 2.24) is 9.80 Å². The van der Waals surface area contributed by atoms with Crippen LogP contribution in [0.15, 0.2) is 48.5 Å². The summed E-state index contributed by atoms with van der Waals surface area (Å²) in [4.78, 5) is 42.1. The molecule has 1 N–H and O–H groups in total. The number of ether oxygens (including phenoxy) is 3. The van der Waals surface area contributed by atoms with E-state index in [1.807, 2.05) is 36.4 Å². The van der Waals surface area contributed by atoms with E-state index in [0.717, 1.165) is 22.3 Å². The monoisotopic (exact) mass is 538 g/mol. The Morgan fingerprint density at radius 1 is 1.05 bits per heavy atom. The number of likely N-dealkylation sites (tertiary alicyclic amines) is 1. The number of piperidine rings is 1. The number of fused-ring (bicyclic) bond motifs is 3. The van der Waals surface area contributed by atoms with E-state index in [4.69, 9.17) is 14.2 Å². The second kappa shape index (κ2) is 11.7. The van der Waals surface area contributed by atoms with E-state index in [1.54, 1.807) is 27.9 Å². The molecule has 1 heterocycles. The number of rotatable bonds is 8. The van der Waals surface area contributed by atoms with Crippen LogP contribution in [0.1, 0.15) is 57.1 Å². The van der Waals surface area contributed by atoms with Crippen molar-refractivity contribution in [3.05, 3.63) is 59.7 Å². The first-order valence-electron chi connectivity index (χ1n) is 13.4. The Labute approximate surface area is 229 Å². The average molecular weight is 539 g/mol. The SMILES string of the molecule is COCCCN(C(=O)OCC1c2ccccc2-c2ccccc21)C1(C(=O)O)CCCN(C(=O)OC(C)(C)C)C1. The highest BCUT2D eigenvalue weighted by atomic mass is 16.6. The molecule has 0 spiro atoms. The third kappa shape index (κ3) is 6.03. The Morgan fingerprint density at radius 2 is 1.67 bits per heavy atom. The van der Waals surface area contributed by atoms with Crippen molar-refractivity contribution in [1.29, 1.82) is 0 Å². The van der Waals surface area contributed by atoms with E-state index in [1.165, 1.54) is 9.80 Å². The lowest BCUT2D eigenvalue weighted by Gasteiger charge is -2.46. The number of nitrogens with zero attached hydrogens (tertiary/aromatic N) is 2. The fourth-order valence-corrected chi connectivity index (χ4v) is 5.55. The van der Waals surface area contributed by atoms with Crippen LogP contribution in [0.5, 0.6) is 0 Å². The number of hydrogen-bond acceptors (Lipinski definition) is 6. The Hall–Kier alpha value is -3.59. The van der Waals surface area contributed by atoms with E-state index in [0.29, 0.717) is 26.0 Å². The number of carbonyl (C=O) groups is 3. The van der Waals surface area contributed by atoms with Gasteiger partial charge >= 0.3 is 18.2 Å². The number of carboxylic acid groups (broad SMARTS) is 1. The summed E-state index contributed by atoms with van der Waals surface area (Å²) in [5.41, 5.74) is 1.97. The number of methoxy groups -OCH3 is 1. The van der Waals surface area contributed by atoms with E-state index in [9.17, 15) is 19.5 Å². The molecule has 9 heteroatoms. The quantitative estimate of drug-likeness (QED) is 0.465. The van der Waals surface area contributed by atoms with Crippen molar-refractivity contribution >= 4 is 18.2 Å². The van der Waals surface area contributed by atoms with Crippen molar-refractivity contribution in [2.75, 3.05) is 40.0 Å². The molecule has 1 aliphatic heterocycles. The maximum absolute atomic E-state index is 13.7. The van der Waals surface area contributed by atoms with E-state index >= 15 is 0 Å². The van der Waals surface area contributed by atoms with Crippen LogP contribution in [-0.4, -0.2) is 84.2 Å². The minimum atomic E-state index is -1.65. The lowest BCUT2D eigenvalue weighted by Crippen LogP contribution is -2.66. The van der Waals surface area contributed by atoms with Crippen LogP contribution < -0.4 is 0 Å². The summed E-state index contributed by atoms with van der Waals surface area (Å²) in [7, 11) is 1.55. The van der Waals surface area contributed by atoms with Gasteiger partial charge in [0.2, 0.25) is 0 Å². The molecule has 0 saturated carbocycles. The number of benzene rings is 2. The molecule has 1 atom stereocenters. The number of amides is 2. The predicted octanol–water partition coefficient (Wildman–Crippen LogP) is 5.13. The molecule has 0 radical (unpaired) electrons. The first-order chi connectivity index (χ1) is 18.6. The lowest BCUT2D eigenvalue weighted by molar-refractivity contribution is -0.154. The minimum Gasteiger partial charge on any atom is -0.479 e. The highest BCUT2D eigenvalue weighted by Crippen LogP contribution is 2.44. The van der Waals surface area contributed by atoms with Crippen LogP contribution in [0.2, 0.25) is 0 Å². The summed E-state index contributed by atoms with van der Waals surface area (Å²) in [5.74, 6) is -1.34. The van der Waals surface area contributed by atoms with Crippen LogP contribution >= 0.6 is 0 Å². The van der Waals surface area contributed by atoms with Gasteiger partial charge in [0, 0.05) is 32.7 Å². The highest BCUT2D eigenvalue weighted by Gasteiger charge is 2.51. The molecular formula is C30H38N2O7. The summed E-state index contributed by atoms with van der Waals surface area (Å²) >= 11 is 0. The zero-order valence-corrected chi connectivity index (χ0v) is 23.1. The van der Waals surface area contributed by atoms with Gasteiger partial charge in [0.15, 0.2) is 5.54 Å². The zero-order valence-electron chi connectivity index (χ0n) is 23.1. The number of hydrogen-bond donors (Lipinski definition) is 1. The molecule has 39 heavy (non-hydrogen) atoms. The van der Waals surface area contributed by atoms with Gasteiger partial charge in [-0.3, -0.25) is 4.90 Å². The lowest BCUT2D eigenvalue weighted by atomic mass is 9.87. The first kappa shape index (κ1) is 28.4. The molecule has 1 fully saturated rings. The van der Waals surface area contributed by atoms with Crippen LogP contribution in [0.4, 0.5) is 9.59 Å². The second-order valence-electron chi connectivity index (χ2n) is 11.1. The van der Waals surface area contributed by atoms with Crippen molar-refractivity contribution < 1.29 is 33.7 Å². The maximum Gasteiger partial charge on any atom is 0.410 e. The van der Waals surface area contributed by atoms with Gasteiger partial charge in [-0.1, -0.05) is 48.5 Å². The van der Waals surface area contributed by atoms with Gasteiger partial charge < -0.3 is 24.2 Å². The fourth-order valence-electron chi connectivity index (χ4n) is 5.55. The van der Waals surface area contributed by atoms with Crippen molar-refractivity contribution in [2.24, 2.45) is 0 Å². The molecule has 0 bridgehead atoms. The predicted molar refractivity (Wildman–Crippen MR) is 146 cm³/mol. The van der Waals surface area contributed by atoms with Crippen LogP contribution in [-0.2, 0) is 19.0 Å². The number of carbonyl (C=O) groups excluding carboxylic acids is 2. The van der Waals surface area contributed by atoms with Gasteiger partial charge in [-0.25, -0.2) is 14.4 Å². The van der Waals surface area contributed by atoms with E-state index in [-0.39, 0.29) is 32.0 Å². The third-order valence-corrected chi connectivity index (χ3v) is 7.32. The summed E-state index contributed by atoms with van der Waals surface area (Å²) in [6.07, 6.45) is -0.303. The standard InChI is InChI=1S/C30H38N2O7/c1-29(2,3)39-27(35)31-16-9-15-30(20-31,26(33)34)32(17-10-18-37-4)28(36)38-19-25-23-13-7-5-11-21(23)22-12-6-8-14-24(22)25/h5-8,11-14,25H,9-10,15-20H2,1-4H3,(H,33,34). The topological polar surface area (TPSA) is 106 Å². The molecule has 1 aliphatic carbocycles. The third-order valence-electron chi connectivity index (χ3n) is 7.32. The van der Waals surface area contributed by atoms with Crippen LogP contribution in [0.25, 0.3) is 11.1 Å². The van der Waals surface area contributed by atoms with Crippen molar-refractivity contribution in [2.45, 2.75) is 57.1 Å². The molecule has 2 aromatic rings. The van der Waals surface area contributed by atoms with Crippen LogP contribution in [0, 0.1) is 0 Å². The van der Waals surface area contributed by atoms with Gasteiger partial charge in [-0.2, -0.15) is 0 Å². The molecule has 9 nitrogen and oxygen atoms in total. The largest absolute Gasteiger partial charge is 0.479 e. The molecule has 2 amide bonds. The highest BCUT2D eigenvalue weighted by molar-refractivity contribution is 5.86. The molecule has 2 aromatic carbocycles. The molecule has 2 aliphatic rings. The van der Waals surface area contributed by atoms with E-state index in [2.05, 4.69) is 12.1 Å². The Kier molecular flexibility index (Phi) is 8.49. The Bertz CT molecular complexity index is 1160. The van der Waals surface area contributed by atoms with Crippen LogP contribution in [0.3, 0.4) is 0 Å². The normalized spacial score (nSPS) is 18.7. The molecule has 4 rings (SSSR count). The Morgan fingerprint density at radius 3 is 2.23 bits per heavy atom. The summed E-state index contributed by atoms with van der Waals surface area (Å²) in [5, 5.41) is 10.5. The van der Waals surface area contributed by atoms with Crippen molar-refractivity contribution in [3.63, 3.8) is 0 Å². The minimum absolute atomic E-state index is 0.0686. The average Bonchev–Trinajstić information content (AvgIpc) is 3.22.